The highest BCUT2D eigenvalue weighted by molar-refractivity contribution is 7.96. The number of nitrogens with one attached hydrogen (secondary N) is 1. The first-order chi connectivity index (χ1) is 14.7. The fraction of sp³-hybridized carbons (Fsp3) is 0.0455. The first kappa shape index (κ1) is 23.2. The Bertz CT molecular complexity index is 1300. The highest BCUT2D eigenvalue weighted by Gasteiger charge is 2.21. The van der Waals surface area contributed by atoms with Gasteiger partial charge in [-0.2, -0.15) is 0 Å². The van der Waals surface area contributed by atoms with E-state index in [1.165, 1.54) is 30.4 Å². The molecule has 160 valence electrons. The molecule has 0 spiro atoms. The van der Waals surface area contributed by atoms with E-state index in [4.69, 9.17) is 39.5 Å². The van der Waals surface area contributed by atoms with Crippen molar-refractivity contribution in [1.82, 2.24) is 4.98 Å². The van der Waals surface area contributed by atoms with E-state index in [-0.39, 0.29) is 31.4 Å². The van der Waals surface area contributed by atoms with Crippen LogP contribution in [0, 0.1) is 0 Å². The number of aromatic nitrogens is 1. The van der Waals surface area contributed by atoms with E-state index in [9.17, 15) is 8.42 Å². The Kier molecular flexibility index (Phi) is 7.28. The zero-order valence-electron chi connectivity index (χ0n) is 16.3. The van der Waals surface area contributed by atoms with Crippen LogP contribution in [0.1, 0.15) is 6.92 Å². The number of anilines is 1. The Morgan fingerprint density at radius 1 is 1.16 bits per heavy atom. The minimum absolute atomic E-state index is 0.0494. The fourth-order valence-corrected chi connectivity index (χ4v) is 4.82. The molecule has 1 heterocycles. The fourth-order valence-electron chi connectivity index (χ4n) is 2.70. The third kappa shape index (κ3) is 5.40. The van der Waals surface area contributed by atoms with E-state index in [1.54, 1.807) is 19.2 Å². The Labute approximate surface area is 195 Å². The Morgan fingerprint density at radius 3 is 2.48 bits per heavy atom. The van der Waals surface area contributed by atoms with Crippen LogP contribution in [-0.4, -0.2) is 13.4 Å². The van der Waals surface area contributed by atoms with Gasteiger partial charge in [-0.25, -0.2) is 8.42 Å². The van der Waals surface area contributed by atoms with Gasteiger partial charge in [0.25, 0.3) is 10.0 Å². The lowest BCUT2D eigenvalue weighted by molar-refractivity contribution is 0.482. The number of hydrogen-bond acceptors (Lipinski definition) is 4. The largest absolute Gasteiger partial charge is 0.453 e. The second kappa shape index (κ2) is 9.75. The normalized spacial score (nSPS) is 12.6. The summed E-state index contributed by atoms with van der Waals surface area (Å²) in [7, 11) is -4.01. The van der Waals surface area contributed by atoms with Crippen molar-refractivity contribution in [2.45, 2.75) is 6.92 Å². The molecule has 0 aliphatic carbocycles. The van der Waals surface area contributed by atoms with Gasteiger partial charge in [0.05, 0.1) is 32.5 Å². The van der Waals surface area contributed by atoms with Gasteiger partial charge < -0.3 is 4.74 Å². The summed E-state index contributed by atoms with van der Waals surface area (Å²) in [6.07, 6.45) is 5.63. The summed E-state index contributed by atoms with van der Waals surface area (Å²) in [5, 5.41) is 1.17. The van der Waals surface area contributed by atoms with E-state index >= 15 is 0 Å². The standard InChI is InChI=1S/C22H17Cl3N2O3S/c1-3-7-21(17(23)4-2)31(28,29)27-15-11-18(24)22(19(25)12-15)30-16-10-14-8-5-6-9-20(14)26-13-16/h3-13,27H,1H2,2H3/b17-4+,21-7+. The maximum absolute atomic E-state index is 12.7. The first-order valence-corrected chi connectivity index (χ1v) is 11.6. The van der Waals surface area contributed by atoms with Gasteiger partial charge in [-0.1, -0.05) is 71.7 Å². The molecule has 0 fully saturated rings. The molecular formula is C22H17Cl3N2O3S. The quantitative estimate of drug-likeness (QED) is 0.349. The highest BCUT2D eigenvalue weighted by Crippen LogP contribution is 2.39. The molecule has 31 heavy (non-hydrogen) atoms. The molecule has 0 saturated heterocycles. The third-order valence-corrected chi connectivity index (χ3v) is 6.62. The zero-order chi connectivity index (χ0) is 22.6. The van der Waals surface area contributed by atoms with Gasteiger partial charge in [0.1, 0.15) is 10.7 Å². The molecular weight excluding hydrogens is 479 g/mol. The van der Waals surface area contributed by atoms with E-state index in [2.05, 4.69) is 16.3 Å². The van der Waals surface area contributed by atoms with Gasteiger partial charge in [0, 0.05) is 5.39 Å². The van der Waals surface area contributed by atoms with Gasteiger partial charge in [-0.15, -0.1) is 0 Å². The van der Waals surface area contributed by atoms with Crippen molar-refractivity contribution in [1.29, 1.82) is 0 Å². The molecule has 0 bridgehead atoms. The molecule has 0 aliphatic rings. The Morgan fingerprint density at radius 2 is 1.84 bits per heavy atom. The number of allylic oxidation sites excluding steroid dienone is 4. The summed E-state index contributed by atoms with van der Waals surface area (Å²) in [5.74, 6) is 0.614. The molecule has 0 atom stereocenters. The van der Waals surface area contributed by atoms with Crippen molar-refractivity contribution in [3.8, 4) is 11.5 Å². The number of nitrogens with zero attached hydrogens (tertiary/aromatic N) is 1. The average molecular weight is 496 g/mol. The molecule has 0 unspecified atom stereocenters. The predicted octanol–water partition coefficient (Wildman–Crippen LogP) is 7.29. The minimum Gasteiger partial charge on any atom is -0.453 e. The first-order valence-electron chi connectivity index (χ1n) is 8.94. The number of sulfonamides is 1. The molecule has 0 saturated carbocycles. The zero-order valence-corrected chi connectivity index (χ0v) is 19.4. The molecule has 2 aromatic carbocycles. The number of ether oxygens (including phenoxy) is 1. The average Bonchev–Trinajstić information content (AvgIpc) is 2.73. The summed E-state index contributed by atoms with van der Waals surface area (Å²) in [5.41, 5.74) is 0.967. The SMILES string of the molecule is C=C/C=C(\C(Cl)=C/C)S(=O)(=O)Nc1cc(Cl)c(Oc2cnc3ccccc3c2)c(Cl)c1. The molecule has 1 aromatic heterocycles. The van der Waals surface area contributed by atoms with Crippen LogP contribution < -0.4 is 9.46 Å². The lowest BCUT2D eigenvalue weighted by atomic mass is 10.2. The number of hydrogen-bond donors (Lipinski definition) is 1. The molecule has 5 nitrogen and oxygen atoms in total. The number of para-hydroxylation sites is 1. The van der Waals surface area contributed by atoms with Gasteiger partial charge >= 0.3 is 0 Å². The predicted molar refractivity (Wildman–Crippen MR) is 129 cm³/mol. The van der Waals surface area contributed by atoms with Gasteiger partial charge in [-0.3, -0.25) is 9.71 Å². The second-order valence-corrected chi connectivity index (χ2v) is 9.12. The van der Waals surface area contributed by atoms with Crippen molar-refractivity contribution in [2.24, 2.45) is 0 Å². The Hall–Kier alpha value is -2.51. The summed E-state index contributed by atoms with van der Waals surface area (Å²) in [6.45, 7) is 5.14. The van der Waals surface area contributed by atoms with Crippen LogP contribution in [0.2, 0.25) is 10.0 Å². The summed E-state index contributed by atoms with van der Waals surface area (Å²) < 4.78 is 33.7. The number of fused-ring (bicyclic) bond motifs is 1. The van der Waals surface area contributed by atoms with Crippen LogP contribution in [0.25, 0.3) is 10.9 Å². The number of halogens is 3. The number of benzene rings is 2. The van der Waals surface area contributed by atoms with Crippen LogP contribution in [0.4, 0.5) is 5.69 Å². The topological polar surface area (TPSA) is 68.3 Å². The molecule has 0 aliphatic heterocycles. The van der Waals surface area contributed by atoms with Crippen LogP contribution in [0.5, 0.6) is 11.5 Å². The Balaban J connectivity index is 1.90. The van der Waals surface area contributed by atoms with E-state index < -0.39 is 10.0 Å². The van der Waals surface area contributed by atoms with E-state index in [1.807, 2.05) is 24.3 Å². The minimum atomic E-state index is -4.01. The van der Waals surface area contributed by atoms with E-state index in [0.29, 0.717) is 5.75 Å². The lowest BCUT2D eigenvalue weighted by Gasteiger charge is -2.14. The van der Waals surface area contributed by atoms with Crippen LogP contribution in [-0.2, 0) is 10.0 Å². The highest BCUT2D eigenvalue weighted by atomic mass is 35.5. The van der Waals surface area contributed by atoms with Gasteiger partial charge in [0.2, 0.25) is 0 Å². The second-order valence-electron chi connectivity index (χ2n) is 6.24. The van der Waals surface area contributed by atoms with E-state index in [0.717, 1.165) is 10.9 Å². The molecule has 0 amide bonds. The van der Waals surface area contributed by atoms with Crippen LogP contribution in [0.15, 0.2) is 83.4 Å². The maximum atomic E-state index is 12.7. The summed E-state index contributed by atoms with van der Waals surface area (Å²) in [4.78, 5) is 4.19. The summed E-state index contributed by atoms with van der Waals surface area (Å²) in [6, 6.07) is 12.2. The van der Waals surface area contributed by atoms with Crippen LogP contribution in [0.3, 0.4) is 0 Å². The molecule has 0 radical (unpaired) electrons. The molecule has 3 aromatic rings. The van der Waals surface area contributed by atoms with Gasteiger partial charge in [-0.05, 0) is 37.3 Å². The molecule has 3 rings (SSSR count). The number of rotatable bonds is 7. The van der Waals surface area contributed by atoms with Crippen molar-refractivity contribution in [3.63, 3.8) is 0 Å². The lowest BCUT2D eigenvalue weighted by Crippen LogP contribution is -2.15. The van der Waals surface area contributed by atoms with Crippen molar-refractivity contribution < 1.29 is 13.2 Å². The number of pyridine rings is 1. The summed E-state index contributed by atoms with van der Waals surface area (Å²) >= 11 is 18.7. The molecule has 1 N–H and O–H groups in total. The van der Waals surface area contributed by atoms with Crippen molar-refractivity contribution in [3.05, 3.63) is 93.5 Å². The third-order valence-electron chi connectivity index (χ3n) is 4.08. The maximum Gasteiger partial charge on any atom is 0.263 e. The smallest absolute Gasteiger partial charge is 0.263 e. The van der Waals surface area contributed by atoms with Crippen molar-refractivity contribution in [2.75, 3.05) is 4.72 Å². The van der Waals surface area contributed by atoms with Crippen LogP contribution >= 0.6 is 34.8 Å². The monoisotopic (exact) mass is 494 g/mol. The molecule has 9 heteroatoms. The van der Waals surface area contributed by atoms with Crippen molar-refractivity contribution >= 4 is 61.4 Å². The van der Waals surface area contributed by atoms with Gasteiger partial charge in [0.15, 0.2) is 5.75 Å².